The predicted octanol–water partition coefficient (Wildman–Crippen LogP) is 1.73. The lowest BCUT2D eigenvalue weighted by molar-refractivity contribution is -0.144. The number of ether oxygens (including phenoxy) is 1. The molecule has 98 valence electrons. The number of thioether (sulfide) groups is 1. The predicted molar refractivity (Wildman–Crippen MR) is 69.0 cm³/mol. The van der Waals surface area contributed by atoms with Crippen molar-refractivity contribution in [3.05, 3.63) is 0 Å². The minimum Gasteiger partial charge on any atom is -0.466 e. The maximum absolute atomic E-state index is 11.6. The van der Waals surface area contributed by atoms with Gasteiger partial charge in [-0.3, -0.25) is 9.59 Å². The Kier molecular flexibility index (Phi) is 6.40. The standard InChI is InChI=1S/C12H21NO3S/c1-3-16-12(15)7-6-11(14)13-9-4-5-10(8-9)17-2/h9-10H,3-8H2,1-2H3,(H,13,14). The van der Waals surface area contributed by atoms with Crippen molar-refractivity contribution in [2.24, 2.45) is 0 Å². The minimum atomic E-state index is -0.295. The van der Waals surface area contributed by atoms with E-state index in [1.807, 2.05) is 11.8 Å². The van der Waals surface area contributed by atoms with Gasteiger partial charge >= 0.3 is 5.97 Å². The second-order valence-corrected chi connectivity index (χ2v) is 5.38. The first-order valence-corrected chi connectivity index (χ1v) is 7.42. The molecule has 17 heavy (non-hydrogen) atoms. The summed E-state index contributed by atoms with van der Waals surface area (Å²) in [6, 6.07) is 0.294. The summed E-state index contributed by atoms with van der Waals surface area (Å²) >= 11 is 1.86. The van der Waals surface area contributed by atoms with Gasteiger partial charge < -0.3 is 10.1 Å². The fourth-order valence-electron chi connectivity index (χ4n) is 2.03. The number of hydrogen-bond acceptors (Lipinski definition) is 4. The van der Waals surface area contributed by atoms with E-state index in [-0.39, 0.29) is 24.7 Å². The summed E-state index contributed by atoms with van der Waals surface area (Å²) in [6.07, 6.45) is 5.79. The first-order valence-electron chi connectivity index (χ1n) is 6.13. The lowest BCUT2D eigenvalue weighted by atomic mass is 10.2. The van der Waals surface area contributed by atoms with Crippen molar-refractivity contribution >= 4 is 23.6 Å². The molecule has 2 unspecified atom stereocenters. The van der Waals surface area contributed by atoms with Crippen LogP contribution in [0.4, 0.5) is 0 Å². The van der Waals surface area contributed by atoms with E-state index in [0.717, 1.165) is 12.8 Å². The van der Waals surface area contributed by atoms with Crippen LogP contribution in [0.1, 0.15) is 39.0 Å². The van der Waals surface area contributed by atoms with Crippen LogP contribution in [0.3, 0.4) is 0 Å². The Labute approximate surface area is 107 Å². The van der Waals surface area contributed by atoms with Gasteiger partial charge in [0.1, 0.15) is 0 Å². The van der Waals surface area contributed by atoms with Crippen LogP contribution in [0.25, 0.3) is 0 Å². The minimum absolute atomic E-state index is 0.0372. The van der Waals surface area contributed by atoms with E-state index in [0.29, 0.717) is 17.9 Å². The Bertz CT molecular complexity index is 270. The van der Waals surface area contributed by atoms with Gasteiger partial charge in [0, 0.05) is 17.7 Å². The molecule has 0 bridgehead atoms. The molecule has 5 heteroatoms. The molecule has 4 nitrogen and oxygen atoms in total. The van der Waals surface area contributed by atoms with Crippen LogP contribution < -0.4 is 5.32 Å². The summed E-state index contributed by atoms with van der Waals surface area (Å²) in [6.45, 7) is 2.14. The van der Waals surface area contributed by atoms with Crippen molar-refractivity contribution in [2.75, 3.05) is 12.9 Å². The molecule has 2 atom stereocenters. The van der Waals surface area contributed by atoms with Crippen molar-refractivity contribution in [3.8, 4) is 0 Å². The summed E-state index contributed by atoms with van der Waals surface area (Å²) in [7, 11) is 0. The van der Waals surface area contributed by atoms with E-state index >= 15 is 0 Å². The van der Waals surface area contributed by atoms with Crippen LogP contribution in [-0.2, 0) is 14.3 Å². The van der Waals surface area contributed by atoms with Crippen LogP contribution in [0.15, 0.2) is 0 Å². The SMILES string of the molecule is CCOC(=O)CCC(=O)NC1CCC(SC)C1. The second-order valence-electron chi connectivity index (χ2n) is 4.24. The Morgan fingerprint density at radius 3 is 2.71 bits per heavy atom. The van der Waals surface area contributed by atoms with Gasteiger partial charge in [0.2, 0.25) is 5.91 Å². The number of esters is 1. The normalized spacial score (nSPS) is 23.4. The van der Waals surface area contributed by atoms with Gasteiger partial charge in [0.05, 0.1) is 13.0 Å². The monoisotopic (exact) mass is 259 g/mol. The molecule has 0 saturated heterocycles. The lowest BCUT2D eigenvalue weighted by Gasteiger charge is -2.12. The number of amides is 1. The zero-order valence-corrected chi connectivity index (χ0v) is 11.3. The summed E-state index contributed by atoms with van der Waals surface area (Å²) in [5.41, 5.74) is 0. The van der Waals surface area contributed by atoms with E-state index in [1.165, 1.54) is 6.42 Å². The number of hydrogen-bond donors (Lipinski definition) is 1. The fourth-order valence-corrected chi connectivity index (χ4v) is 2.83. The summed E-state index contributed by atoms with van der Waals surface area (Å²) in [5, 5.41) is 3.65. The number of carbonyl (C=O) groups is 2. The van der Waals surface area contributed by atoms with Gasteiger partial charge in [-0.15, -0.1) is 0 Å². The third-order valence-corrected chi connectivity index (χ3v) is 4.04. The number of carbonyl (C=O) groups excluding carboxylic acids is 2. The van der Waals surface area contributed by atoms with Crippen LogP contribution in [0.5, 0.6) is 0 Å². The van der Waals surface area contributed by atoms with Gasteiger partial charge in [-0.25, -0.2) is 0 Å². The quantitative estimate of drug-likeness (QED) is 0.738. The molecule has 1 N–H and O–H groups in total. The molecule has 0 aromatic rings. The third-order valence-electron chi connectivity index (χ3n) is 2.94. The smallest absolute Gasteiger partial charge is 0.306 e. The van der Waals surface area contributed by atoms with Gasteiger partial charge in [-0.1, -0.05) is 0 Å². The largest absolute Gasteiger partial charge is 0.466 e. The number of nitrogens with one attached hydrogen (secondary N) is 1. The van der Waals surface area contributed by atoms with E-state index in [4.69, 9.17) is 4.74 Å². The molecule has 1 aliphatic rings. The molecule has 1 aliphatic carbocycles. The topological polar surface area (TPSA) is 55.4 Å². The van der Waals surface area contributed by atoms with Crippen LogP contribution >= 0.6 is 11.8 Å². The fraction of sp³-hybridized carbons (Fsp3) is 0.833. The van der Waals surface area contributed by atoms with Crippen molar-refractivity contribution in [2.45, 2.75) is 50.3 Å². The van der Waals surface area contributed by atoms with Crippen molar-refractivity contribution in [1.29, 1.82) is 0 Å². The molecule has 0 heterocycles. The third kappa shape index (κ3) is 5.44. The van der Waals surface area contributed by atoms with Gasteiger partial charge in [-0.05, 0) is 32.4 Å². The first-order chi connectivity index (χ1) is 8.15. The molecule has 0 aromatic carbocycles. The van der Waals surface area contributed by atoms with E-state index in [1.54, 1.807) is 6.92 Å². The summed E-state index contributed by atoms with van der Waals surface area (Å²) in [5.74, 6) is -0.333. The van der Waals surface area contributed by atoms with Crippen molar-refractivity contribution in [3.63, 3.8) is 0 Å². The lowest BCUT2D eigenvalue weighted by Crippen LogP contribution is -2.33. The molecule has 0 radical (unpaired) electrons. The highest BCUT2D eigenvalue weighted by Gasteiger charge is 2.25. The molecule has 0 spiro atoms. The van der Waals surface area contributed by atoms with Gasteiger partial charge in [0.25, 0.3) is 0 Å². The Morgan fingerprint density at radius 1 is 1.35 bits per heavy atom. The number of rotatable bonds is 6. The van der Waals surface area contributed by atoms with Crippen molar-refractivity contribution < 1.29 is 14.3 Å². The second kappa shape index (κ2) is 7.58. The Morgan fingerprint density at radius 2 is 2.12 bits per heavy atom. The molecule has 1 fully saturated rings. The summed E-state index contributed by atoms with van der Waals surface area (Å²) in [4.78, 5) is 22.7. The molecule has 1 amide bonds. The maximum atomic E-state index is 11.6. The molecular weight excluding hydrogens is 238 g/mol. The van der Waals surface area contributed by atoms with Crippen LogP contribution in [0.2, 0.25) is 0 Å². The summed E-state index contributed by atoms with van der Waals surface area (Å²) < 4.78 is 4.77. The Balaban J connectivity index is 2.15. The van der Waals surface area contributed by atoms with E-state index in [2.05, 4.69) is 11.6 Å². The zero-order chi connectivity index (χ0) is 12.7. The molecule has 0 aliphatic heterocycles. The molecular formula is C12H21NO3S. The van der Waals surface area contributed by atoms with Crippen LogP contribution in [0, 0.1) is 0 Å². The first kappa shape index (κ1) is 14.4. The maximum Gasteiger partial charge on any atom is 0.306 e. The van der Waals surface area contributed by atoms with E-state index in [9.17, 15) is 9.59 Å². The average molecular weight is 259 g/mol. The van der Waals surface area contributed by atoms with Crippen LogP contribution in [-0.4, -0.2) is 36.0 Å². The highest BCUT2D eigenvalue weighted by Crippen LogP contribution is 2.28. The Hall–Kier alpha value is -0.710. The highest BCUT2D eigenvalue weighted by molar-refractivity contribution is 7.99. The molecule has 0 aromatic heterocycles. The highest BCUT2D eigenvalue weighted by atomic mass is 32.2. The van der Waals surface area contributed by atoms with E-state index < -0.39 is 0 Å². The molecule has 1 rings (SSSR count). The molecule has 1 saturated carbocycles. The zero-order valence-electron chi connectivity index (χ0n) is 10.5. The van der Waals surface area contributed by atoms with Gasteiger partial charge in [-0.2, -0.15) is 11.8 Å². The average Bonchev–Trinajstić information content (AvgIpc) is 2.74. The van der Waals surface area contributed by atoms with Gasteiger partial charge in [0.15, 0.2) is 0 Å². The van der Waals surface area contributed by atoms with Crippen molar-refractivity contribution in [1.82, 2.24) is 5.32 Å².